The number of hydrogen-bond acceptors (Lipinski definition) is 9. The fourth-order valence-corrected chi connectivity index (χ4v) is 4.97. The van der Waals surface area contributed by atoms with E-state index in [4.69, 9.17) is 30.5 Å². The van der Waals surface area contributed by atoms with Crippen molar-refractivity contribution in [1.82, 2.24) is 14.9 Å². The van der Waals surface area contributed by atoms with Crippen molar-refractivity contribution in [2.45, 2.75) is 44.8 Å². The highest BCUT2D eigenvalue weighted by Crippen LogP contribution is 2.36. The van der Waals surface area contributed by atoms with Crippen molar-refractivity contribution >= 4 is 40.0 Å². The zero-order valence-corrected chi connectivity index (χ0v) is 22.8. The van der Waals surface area contributed by atoms with E-state index in [1.165, 1.54) is 18.5 Å². The van der Waals surface area contributed by atoms with Crippen molar-refractivity contribution in [3.05, 3.63) is 47.5 Å². The molecule has 0 saturated carbocycles. The maximum Gasteiger partial charge on any atom is 0.320 e. The van der Waals surface area contributed by atoms with Crippen LogP contribution in [-0.2, 0) is 14.3 Å². The second kappa shape index (κ2) is 11.9. The van der Waals surface area contributed by atoms with Gasteiger partial charge in [0.15, 0.2) is 11.5 Å². The summed E-state index contributed by atoms with van der Waals surface area (Å²) in [6.07, 6.45) is 3.84. The number of rotatable bonds is 10. The fourth-order valence-electron chi connectivity index (χ4n) is 4.79. The Morgan fingerprint density at radius 1 is 1.21 bits per heavy atom. The quantitative estimate of drug-likeness (QED) is 0.268. The van der Waals surface area contributed by atoms with Gasteiger partial charge in [0, 0.05) is 30.1 Å². The predicted octanol–water partition coefficient (Wildman–Crippen LogP) is 5.13. The van der Waals surface area contributed by atoms with Crippen LogP contribution in [0.2, 0.25) is 5.02 Å². The minimum absolute atomic E-state index is 0.0169. The van der Waals surface area contributed by atoms with Gasteiger partial charge in [-0.15, -0.1) is 0 Å². The first kappa shape index (κ1) is 27.4. The number of esters is 1. The molecule has 5 rings (SSSR count). The highest BCUT2D eigenvalue weighted by atomic mass is 35.5. The topological polar surface area (TPSA) is 95.0 Å². The van der Waals surface area contributed by atoms with E-state index in [-0.39, 0.29) is 17.1 Å². The van der Waals surface area contributed by atoms with Crippen LogP contribution in [0, 0.1) is 5.82 Å². The summed E-state index contributed by atoms with van der Waals surface area (Å²) in [5.41, 5.74) is 0.796. The molecule has 11 heteroatoms. The summed E-state index contributed by atoms with van der Waals surface area (Å²) in [7, 11) is 0. The molecule has 1 N–H and O–H groups in total. The number of morpholine rings is 1. The molecule has 0 radical (unpaired) electrons. The van der Waals surface area contributed by atoms with E-state index in [2.05, 4.69) is 20.2 Å². The minimum Gasteiger partial charge on any atom is -0.490 e. The van der Waals surface area contributed by atoms with Crippen molar-refractivity contribution in [3.63, 3.8) is 0 Å². The van der Waals surface area contributed by atoms with Crippen LogP contribution >= 0.6 is 11.6 Å². The number of nitrogens with zero attached hydrogens (tertiary/aromatic N) is 3. The van der Waals surface area contributed by atoms with Crippen LogP contribution in [0.5, 0.6) is 11.5 Å². The number of aromatic nitrogens is 2. The van der Waals surface area contributed by atoms with Gasteiger partial charge in [0.25, 0.3) is 0 Å². The zero-order valence-electron chi connectivity index (χ0n) is 22.0. The Bertz CT molecular complexity index is 1330. The van der Waals surface area contributed by atoms with Gasteiger partial charge in [0.1, 0.15) is 29.7 Å². The molecule has 3 heterocycles. The molecule has 3 aromatic rings. The van der Waals surface area contributed by atoms with E-state index in [1.807, 2.05) is 26.0 Å². The van der Waals surface area contributed by atoms with E-state index >= 15 is 0 Å². The summed E-state index contributed by atoms with van der Waals surface area (Å²) >= 11 is 5.95. The van der Waals surface area contributed by atoms with Crippen LogP contribution in [0.15, 0.2) is 36.7 Å². The van der Waals surface area contributed by atoms with Gasteiger partial charge in [-0.05, 0) is 57.5 Å². The van der Waals surface area contributed by atoms with Crippen molar-refractivity contribution in [2.24, 2.45) is 0 Å². The molecule has 2 fully saturated rings. The average Bonchev–Trinajstić information content (AvgIpc) is 3.38. The number of unbranched alkanes of at least 4 members (excludes halogenated alkanes) is 1. The highest BCUT2D eigenvalue weighted by molar-refractivity contribution is 6.31. The van der Waals surface area contributed by atoms with Crippen LogP contribution in [0.4, 0.5) is 15.9 Å². The summed E-state index contributed by atoms with van der Waals surface area (Å²) in [5.74, 6) is 1.02. The number of cyclic esters (lactones) is 1. The Morgan fingerprint density at radius 2 is 2.08 bits per heavy atom. The molecule has 2 aliphatic heterocycles. The molecule has 2 aliphatic rings. The molecular formula is C28H32ClFN4O5. The SMILES string of the molecule is CC1(C)CN(CCCCOc2cc3ncnc(Nc4ccc(F)c(Cl)c4)c3cc2OC2CCOC2)CC(=O)O1. The average molecular weight is 559 g/mol. The number of carbonyl (C=O) groups excluding carboxylic acids is 1. The van der Waals surface area contributed by atoms with Gasteiger partial charge >= 0.3 is 5.97 Å². The number of benzene rings is 2. The largest absolute Gasteiger partial charge is 0.490 e. The van der Waals surface area contributed by atoms with Gasteiger partial charge in [-0.3, -0.25) is 9.69 Å². The Hall–Kier alpha value is -3.21. The smallest absolute Gasteiger partial charge is 0.320 e. The third-order valence-electron chi connectivity index (χ3n) is 6.54. The molecule has 208 valence electrons. The lowest BCUT2D eigenvalue weighted by atomic mass is 10.1. The Balaban J connectivity index is 1.29. The zero-order chi connectivity index (χ0) is 27.4. The number of fused-ring (bicyclic) bond motifs is 1. The van der Waals surface area contributed by atoms with Gasteiger partial charge in [-0.2, -0.15) is 0 Å². The standard InChI is InChI=1S/C28H32ClFN4O5/c1-28(2)16-34(14-26(35)39-28)8-3-4-9-37-24-13-23-20(12-25(24)38-19-7-10-36-15-19)27(32-17-31-23)33-18-5-6-22(30)21(29)11-18/h5-6,11-13,17,19H,3-4,7-10,14-16H2,1-2H3,(H,31,32,33). The molecule has 9 nitrogen and oxygen atoms in total. The molecule has 2 saturated heterocycles. The van der Waals surface area contributed by atoms with Crippen LogP contribution in [0.25, 0.3) is 10.9 Å². The van der Waals surface area contributed by atoms with Gasteiger partial charge < -0.3 is 24.3 Å². The molecule has 1 aromatic heterocycles. The molecule has 39 heavy (non-hydrogen) atoms. The van der Waals surface area contributed by atoms with Crippen LogP contribution in [0.3, 0.4) is 0 Å². The predicted molar refractivity (Wildman–Crippen MR) is 145 cm³/mol. The number of hydrogen-bond donors (Lipinski definition) is 1. The molecule has 0 bridgehead atoms. The van der Waals surface area contributed by atoms with Gasteiger partial charge in [0.2, 0.25) is 0 Å². The third-order valence-corrected chi connectivity index (χ3v) is 6.83. The number of carbonyl (C=O) groups is 1. The first-order valence-electron chi connectivity index (χ1n) is 13.1. The lowest BCUT2D eigenvalue weighted by Gasteiger charge is -2.37. The summed E-state index contributed by atoms with van der Waals surface area (Å²) in [4.78, 5) is 22.8. The molecular weight excluding hydrogens is 527 g/mol. The van der Waals surface area contributed by atoms with Gasteiger partial charge in [-0.1, -0.05) is 11.6 Å². The fraction of sp³-hybridized carbons (Fsp3) is 0.464. The molecule has 0 amide bonds. The highest BCUT2D eigenvalue weighted by Gasteiger charge is 2.32. The summed E-state index contributed by atoms with van der Waals surface area (Å²) in [6, 6.07) is 8.09. The van der Waals surface area contributed by atoms with Crippen LogP contribution in [0.1, 0.15) is 33.1 Å². The Morgan fingerprint density at radius 3 is 2.85 bits per heavy atom. The number of ether oxygens (including phenoxy) is 4. The maximum absolute atomic E-state index is 13.6. The first-order valence-corrected chi connectivity index (χ1v) is 13.5. The van der Waals surface area contributed by atoms with Crippen molar-refractivity contribution < 1.29 is 28.1 Å². The summed E-state index contributed by atoms with van der Waals surface area (Å²) in [6.45, 7) is 7.31. The summed E-state index contributed by atoms with van der Waals surface area (Å²) in [5, 5.41) is 3.93. The second-order valence-electron chi connectivity index (χ2n) is 10.4. The lowest BCUT2D eigenvalue weighted by molar-refractivity contribution is -0.169. The summed E-state index contributed by atoms with van der Waals surface area (Å²) < 4.78 is 37.0. The number of nitrogens with one attached hydrogen (secondary N) is 1. The third kappa shape index (κ3) is 7.06. The maximum atomic E-state index is 13.6. The van der Waals surface area contributed by atoms with Crippen molar-refractivity contribution in [1.29, 1.82) is 0 Å². The minimum atomic E-state index is -0.492. The number of anilines is 2. The molecule has 0 aliphatic carbocycles. The number of halogens is 2. The lowest BCUT2D eigenvalue weighted by Crippen LogP contribution is -2.50. The van der Waals surface area contributed by atoms with E-state index in [0.717, 1.165) is 31.2 Å². The molecule has 1 atom stereocenters. The van der Waals surface area contributed by atoms with Crippen LogP contribution < -0.4 is 14.8 Å². The van der Waals surface area contributed by atoms with Gasteiger partial charge in [0.05, 0.1) is 36.9 Å². The van der Waals surface area contributed by atoms with Crippen molar-refractivity contribution in [3.8, 4) is 11.5 Å². The normalized spacial score (nSPS) is 19.2. The molecule has 0 spiro atoms. The van der Waals surface area contributed by atoms with E-state index in [0.29, 0.717) is 61.4 Å². The van der Waals surface area contributed by atoms with Crippen molar-refractivity contribution in [2.75, 3.05) is 44.8 Å². The Kier molecular flexibility index (Phi) is 8.34. The second-order valence-corrected chi connectivity index (χ2v) is 10.8. The van der Waals surface area contributed by atoms with E-state index in [9.17, 15) is 9.18 Å². The molecule has 1 unspecified atom stereocenters. The van der Waals surface area contributed by atoms with Gasteiger partial charge in [-0.25, -0.2) is 14.4 Å². The first-order chi connectivity index (χ1) is 18.8. The molecule has 2 aromatic carbocycles. The van der Waals surface area contributed by atoms with E-state index in [1.54, 1.807) is 6.07 Å². The monoisotopic (exact) mass is 558 g/mol. The van der Waals surface area contributed by atoms with Crippen LogP contribution in [-0.4, -0.2) is 72.0 Å². The Labute approximate surface area is 231 Å². The van der Waals surface area contributed by atoms with E-state index < -0.39 is 11.4 Å².